The zero-order valence-corrected chi connectivity index (χ0v) is 15.8. The van der Waals surface area contributed by atoms with Crippen molar-refractivity contribution in [2.75, 3.05) is 43.4 Å². The van der Waals surface area contributed by atoms with Gasteiger partial charge in [-0.2, -0.15) is 0 Å². The molecule has 1 atom stereocenters. The van der Waals surface area contributed by atoms with E-state index in [1.165, 1.54) is 16.7 Å². The Bertz CT molecular complexity index is 703. The summed E-state index contributed by atoms with van der Waals surface area (Å²) in [6.45, 7) is 3.08. The van der Waals surface area contributed by atoms with Crippen molar-refractivity contribution in [1.82, 2.24) is 4.90 Å². The quantitative estimate of drug-likeness (QED) is 0.755. The van der Waals surface area contributed by atoms with Crippen LogP contribution in [0.25, 0.3) is 0 Å². The maximum Gasteiger partial charge on any atom is 0.233 e. The number of halogens is 1. The normalized spacial score (nSPS) is 24.2. The molecule has 1 amide bonds. The van der Waals surface area contributed by atoms with Gasteiger partial charge >= 0.3 is 0 Å². The number of rotatable bonds is 4. The minimum absolute atomic E-state index is 0.123. The number of nitrogens with zero attached hydrogens (tertiary/aromatic N) is 1. The molecule has 0 aromatic heterocycles. The Labute approximate surface area is 152 Å². The third kappa shape index (κ3) is 4.45. The maximum absolute atomic E-state index is 12.4. The van der Waals surface area contributed by atoms with Crippen LogP contribution in [0.1, 0.15) is 6.42 Å². The van der Waals surface area contributed by atoms with E-state index in [9.17, 15) is 13.2 Å². The Morgan fingerprint density at radius 1 is 1.29 bits per heavy atom. The maximum atomic E-state index is 12.4. The highest BCUT2D eigenvalue weighted by atomic mass is 35.5. The molecule has 132 valence electrons. The first kappa shape index (κ1) is 18.0. The molecular formula is C16H22ClN2O3S2+. The average Bonchev–Trinajstić information content (AvgIpc) is 2.94. The molecule has 0 spiro atoms. The van der Waals surface area contributed by atoms with Crippen LogP contribution >= 0.6 is 23.4 Å². The van der Waals surface area contributed by atoms with Gasteiger partial charge in [-0.25, -0.2) is 8.42 Å². The Morgan fingerprint density at radius 2 is 2.00 bits per heavy atom. The SMILES string of the molecule is O=C(CSc1ccccc1Cl)N1CC[NH+]([C@@H]2CCS(=O)(=O)C2)CC1. The summed E-state index contributed by atoms with van der Waals surface area (Å²) < 4.78 is 23.2. The van der Waals surface area contributed by atoms with Crippen LogP contribution in [0, 0.1) is 0 Å². The summed E-state index contributed by atoms with van der Waals surface area (Å²) in [6, 6.07) is 7.75. The molecule has 2 heterocycles. The molecule has 0 bridgehead atoms. The molecule has 2 saturated heterocycles. The topological polar surface area (TPSA) is 58.9 Å². The highest BCUT2D eigenvalue weighted by Crippen LogP contribution is 2.26. The van der Waals surface area contributed by atoms with Gasteiger partial charge in [0, 0.05) is 11.3 Å². The third-order valence-electron chi connectivity index (χ3n) is 4.76. The van der Waals surface area contributed by atoms with Crippen LogP contribution in [0.3, 0.4) is 0 Å². The zero-order valence-electron chi connectivity index (χ0n) is 13.4. The second-order valence-corrected chi connectivity index (χ2v) is 10.0. The van der Waals surface area contributed by atoms with Crippen LogP contribution in [0.15, 0.2) is 29.2 Å². The molecule has 0 saturated carbocycles. The fourth-order valence-corrected chi connectivity index (χ4v) is 6.33. The van der Waals surface area contributed by atoms with Gasteiger partial charge in [0.25, 0.3) is 0 Å². The van der Waals surface area contributed by atoms with Gasteiger partial charge in [0.15, 0.2) is 9.84 Å². The predicted octanol–water partition coefficient (Wildman–Crippen LogP) is 0.346. The molecule has 0 unspecified atom stereocenters. The number of hydrogen-bond acceptors (Lipinski definition) is 4. The Morgan fingerprint density at radius 3 is 2.62 bits per heavy atom. The second kappa shape index (κ2) is 7.64. The number of piperazine rings is 1. The van der Waals surface area contributed by atoms with Gasteiger partial charge in [-0.3, -0.25) is 4.79 Å². The van der Waals surface area contributed by atoms with Crippen LogP contribution in [0.5, 0.6) is 0 Å². The van der Waals surface area contributed by atoms with Gasteiger partial charge in [-0.1, -0.05) is 23.7 Å². The lowest BCUT2D eigenvalue weighted by atomic mass is 10.2. The van der Waals surface area contributed by atoms with Gasteiger partial charge in [0.2, 0.25) is 5.91 Å². The van der Waals surface area contributed by atoms with Crippen molar-refractivity contribution < 1.29 is 18.1 Å². The lowest BCUT2D eigenvalue weighted by Crippen LogP contribution is -3.18. The van der Waals surface area contributed by atoms with Crippen molar-refractivity contribution in [3.05, 3.63) is 29.3 Å². The number of carbonyl (C=O) groups is 1. The van der Waals surface area contributed by atoms with E-state index in [0.717, 1.165) is 24.4 Å². The minimum atomic E-state index is -2.84. The molecule has 2 fully saturated rings. The highest BCUT2D eigenvalue weighted by molar-refractivity contribution is 8.00. The zero-order chi connectivity index (χ0) is 17.2. The first-order valence-corrected chi connectivity index (χ1v) is 11.3. The summed E-state index contributed by atoms with van der Waals surface area (Å²) in [6.07, 6.45) is 0.758. The van der Waals surface area contributed by atoms with E-state index in [2.05, 4.69) is 0 Å². The van der Waals surface area contributed by atoms with E-state index in [1.54, 1.807) is 0 Å². The lowest BCUT2D eigenvalue weighted by Gasteiger charge is -2.35. The van der Waals surface area contributed by atoms with E-state index >= 15 is 0 Å². The number of carbonyl (C=O) groups excluding carboxylic acids is 1. The minimum Gasteiger partial charge on any atom is -0.331 e. The Hall–Kier alpha value is -0.760. The third-order valence-corrected chi connectivity index (χ3v) is 8.02. The second-order valence-electron chi connectivity index (χ2n) is 6.36. The van der Waals surface area contributed by atoms with Crippen LogP contribution in [-0.4, -0.2) is 68.7 Å². The van der Waals surface area contributed by atoms with Gasteiger partial charge in [0.1, 0.15) is 11.8 Å². The van der Waals surface area contributed by atoms with Crippen molar-refractivity contribution in [3.8, 4) is 0 Å². The fourth-order valence-electron chi connectivity index (χ4n) is 3.36. The molecule has 1 N–H and O–H groups in total. The molecule has 0 radical (unpaired) electrons. The van der Waals surface area contributed by atoms with Crippen molar-refractivity contribution in [2.24, 2.45) is 0 Å². The molecule has 5 nitrogen and oxygen atoms in total. The first-order chi connectivity index (χ1) is 11.4. The van der Waals surface area contributed by atoms with Gasteiger partial charge < -0.3 is 9.80 Å². The summed E-state index contributed by atoms with van der Waals surface area (Å²) in [4.78, 5) is 16.5. The van der Waals surface area contributed by atoms with E-state index in [1.807, 2.05) is 29.2 Å². The van der Waals surface area contributed by atoms with E-state index in [0.29, 0.717) is 35.4 Å². The number of quaternary nitrogens is 1. The fraction of sp³-hybridized carbons (Fsp3) is 0.562. The number of amides is 1. The number of hydrogen-bond donors (Lipinski definition) is 1. The monoisotopic (exact) mass is 389 g/mol. The van der Waals surface area contributed by atoms with Crippen molar-refractivity contribution in [2.45, 2.75) is 17.4 Å². The van der Waals surface area contributed by atoms with Crippen LogP contribution in [0.2, 0.25) is 5.02 Å². The average molecular weight is 390 g/mol. The van der Waals surface area contributed by atoms with Gasteiger partial charge in [-0.05, 0) is 12.1 Å². The van der Waals surface area contributed by atoms with E-state index in [4.69, 9.17) is 11.6 Å². The van der Waals surface area contributed by atoms with E-state index < -0.39 is 9.84 Å². The van der Waals surface area contributed by atoms with Crippen molar-refractivity contribution >= 4 is 39.1 Å². The van der Waals surface area contributed by atoms with Gasteiger partial charge in [-0.15, -0.1) is 11.8 Å². The molecule has 1 aromatic carbocycles. The molecule has 8 heteroatoms. The van der Waals surface area contributed by atoms with Crippen LogP contribution in [0.4, 0.5) is 0 Å². The number of thioether (sulfide) groups is 1. The Balaban J connectivity index is 1.46. The molecule has 3 rings (SSSR count). The summed E-state index contributed by atoms with van der Waals surface area (Å²) in [5, 5.41) is 0.673. The summed E-state index contributed by atoms with van der Waals surface area (Å²) in [5.74, 6) is 1.13. The van der Waals surface area contributed by atoms with Crippen molar-refractivity contribution in [3.63, 3.8) is 0 Å². The molecule has 24 heavy (non-hydrogen) atoms. The number of sulfone groups is 1. The summed E-state index contributed by atoms with van der Waals surface area (Å²) >= 11 is 7.58. The van der Waals surface area contributed by atoms with Crippen LogP contribution in [-0.2, 0) is 14.6 Å². The molecule has 2 aliphatic heterocycles. The summed E-state index contributed by atoms with van der Waals surface area (Å²) in [5.41, 5.74) is 0. The van der Waals surface area contributed by atoms with Crippen molar-refractivity contribution in [1.29, 1.82) is 0 Å². The smallest absolute Gasteiger partial charge is 0.233 e. The standard InChI is InChI=1S/C16H21ClN2O3S2/c17-14-3-1-2-4-15(14)23-11-16(20)19-8-6-18(7-9-19)13-5-10-24(21,22)12-13/h1-4,13H,5-12H2/p+1/t13-/m1/s1. The Kier molecular flexibility index (Phi) is 5.74. The molecule has 1 aromatic rings. The molecule has 2 aliphatic rings. The summed E-state index contributed by atoms with van der Waals surface area (Å²) in [7, 11) is -2.84. The first-order valence-electron chi connectivity index (χ1n) is 8.15. The molecular weight excluding hydrogens is 368 g/mol. The highest BCUT2D eigenvalue weighted by Gasteiger charge is 2.37. The number of nitrogens with one attached hydrogen (secondary N) is 1. The van der Waals surface area contributed by atoms with E-state index in [-0.39, 0.29) is 11.9 Å². The number of benzene rings is 1. The van der Waals surface area contributed by atoms with Gasteiger partial charge in [0.05, 0.1) is 42.7 Å². The molecule has 0 aliphatic carbocycles. The van der Waals surface area contributed by atoms with Crippen LogP contribution < -0.4 is 4.90 Å². The largest absolute Gasteiger partial charge is 0.331 e. The lowest BCUT2D eigenvalue weighted by molar-refractivity contribution is -0.925. The predicted molar refractivity (Wildman–Crippen MR) is 96.5 cm³/mol.